The highest BCUT2D eigenvalue weighted by atomic mass is 32.1. The maximum absolute atomic E-state index is 12.1. The lowest BCUT2D eigenvalue weighted by Crippen LogP contribution is -2.36. The summed E-state index contributed by atoms with van der Waals surface area (Å²) in [5.74, 6) is 0.521. The number of ether oxygens (including phenoxy) is 2. The molecule has 0 bridgehead atoms. The highest BCUT2D eigenvalue weighted by Crippen LogP contribution is 2.21. The molecule has 0 radical (unpaired) electrons. The maximum atomic E-state index is 12.1. The van der Waals surface area contributed by atoms with Gasteiger partial charge in [-0.05, 0) is 17.7 Å². The van der Waals surface area contributed by atoms with Crippen LogP contribution in [0.3, 0.4) is 0 Å². The smallest absolute Gasteiger partial charge is 0.246 e. The van der Waals surface area contributed by atoms with Crippen LogP contribution in [0, 0.1) is 0 Å². The Morgan fingerprint density at radius 1 is 1.44 bits per heavy atom. The Bertz CT molecular complexity index is 800. The number of morpholine rings is 1. The molecule has 0 aliphatic carbocycles. The van der Waals surface area contributed by atoms with Crippen molar-refractivity contribution in [3.05, 3.63) is 53.6 Å². The second-order valence-corrected chi connectivity index (χ2v) is 6.70. The number of hydrazone groups is 1. The molecule has 8 heteroatoms. The van der Waals surface area contributed by atoms with Crippen LogP contribution in [0.5, 0.6) is 5.75 Å². The molecular weight excluding hydrogens is 364 g/mol. The number of benzene rings is 1. The normalized spacial score (nSPS) is 14.3. The van der Waals surface area contributed by atoms with E-state index in [0.717, 1.165) is 35.2 Å². The van der Waals surface area contributed by atoms with Crippen molar-refractivity contribution in [1.82, 2.24) is 10.4 Å². The van der Waals surface area contributed by atoms with Crippen molar-refractivity contribution in [2.75, 3.05) is 37.8 Å². The Kier molecular flexibility index (Phi) is 6.95. The largest absolute Gasteiger partial charge is 0.490 e. The number of carbonyl (C=O) groups is 1. The summed E-state index contributed by atoms with van der Waals surface area (Å²) in [4.78, 5) is 18.8. The number of nitrogens with one attached hydrogen (secondary N) is 1. The minimum Gasteiger partial charge on any atom is -0.490 e. The number of anilines is 1. The number of rotatable bonds is 8. The van der Waals surface area contributed by atoms with Crippen molar-refractivity contribution in [3.8, 4) is 5.75 Å². The lowest BCUT2D eigenvalue weighted by Gasteiger charge is -2.26. The van der Waals surface area contributed by atoms with Crippen molar-refractivity contribution < 1.29 is 14.3 Å². The fourth-order valence-electron chi connectivity index (χ4n) is 2.50. The molecular formula is C19H22N4O3S. The SMILES string of the molecule is C=CCOc1cccc(/C=N\NC(=O)Cc2csc(N3CCOCC3)n2)c1. The number of amides is 1. The van der Waals surface area contributed by atoms with Gasteiger partial charge in [0.1, 0.15) is 12.4 Å². The first-order valence-corrected chi connectivity index (χ1v) is 9.55. The summed E-state index contributed by atoms with van der Waals surface area (Å²) in [6, 6.07) is 7.44. The van der Waals surface area contributed by atoms with Gasteiger partial charge in [0.25, 0.3) is 0 Å². The fourth-order valence-corrected chi connectivity index (χ4v) is 3.38. The molecule has 1 aromatic carbocycles. The summed E-state index contributed by atoms with van der Waals surface area (Å²) in [5.41, 5.74) is 4.11. The molecule has 1 amide bonds. The standard InChI is InChI=1S/C19H22N4O3S/c1-2-8-26-17-5-3-4-15(11-17)13-20-22-18(24)12-16-14-27-19(21-16)23-6-9-25-10-7-23/h2-5,11,13-14H,1,6-10,12H2,(H,22,24)/b20-13-. The first-order chi connectivity index (χ1) is 13.2. The van der Waals surface area contributed by atoms with E-state index >= 15 is 0 Å². The molecule has 1 aliphatic heterocycles. The summed E-state index contributed by atoms with van der Waals surface area (Å²) >= 11 is 1.55. The minimum absolute atomic E-state index is 0.195. The molecule has 7 nitrogen and oxygen atoms in total. The quantitative estimate of drug-likeness (QED) is 0.428. The lowest BCUT2D eigenvalue weighted by molar-refractivity contribution is -0.120. The number of aromatic nitrogens is 1. The van der Waals surface area contributed by atoms with Crippen LogP contribution in [-0.4, -0.2) is 50.0 Å². The third-order valence-corrected chi connectivity index (χ3v) is 4.74. The molecule has 2 aromatic rings. The Hall–Kier alpha value is -2.71. The van der Waals surface area contributed by atoms with Crippen LogP contribution in [0.1, 0.15) is 11.3 Å². The Labute approximate surface area is 162 Å². The van der Waals surface area contributed by atoms with Crippen molar-refractivity contribution in [2.24, 2.45) is 5.10 Å². The molecule has 1 saturated heterocycles. The summed E-state index contributed by atoms with van der Waals surface area (Å²) < 4.78 is 10.8. The van der Waals surface area contributed by atoms with Gasteiger partial charge in [-0.1, -0.05) is 24.8 Å². The van der Waals surface area contributed by atoms with Crippen molar-refractivity contribution in [2.45, 2.75) is 6.42 Å². The molecule has 0 spiro atoms. The Balaban J connectivity index is 1.49. The topological polar surface area (TPSA) is 76.0 Å². The molecule has 1 N–H and O–H groups in total. The molecule has 1 aromatic heterocycles. The third kappa shape index (κ3) is 5.90. The third-order valence-electron chi connectivity index (χ3n) is 3.79. The number of thiazole rings is 1. The average Bonchev–Trinajstić information content (AvgIpc) is 3.16. The van der Waals surface area contributed by atoms with E-state index in [1.807, 2.05) is 29.6 Å². The first kappa shape index (κ1) is 19.1. The Morgan fingerprint density at radius 2 is 2.30 bits per heavy atom. The van der Waals surface area contributed by atoms with Crippen molar-refractivity contribution >= 4 is 28.6 Å². The van der Waals surface area contributed by atoms with E-state index in [1.54, 1.807) is 23.6 Å². The minimum atomic E-state index is -0.205. The van der Waals surface area contributed by atoms with Gasteiger partial charge < -0.3 is 14.4 Å². The van der Waals surface area contributed by atoms with E-state index in [-0.39, 0.29) is 12.3 Å². The molecule has 1 fully saturated rings. The van der Waals surface area contributed by atoms with Gasteiger partial charge in [-0.15, -0.1) is 11.3 Å². The molecule has 0 unspecified atom stereocenters. The number of nitrogens with zero attached hydrogens (tertiary/aromatic N) is 3. The molecule has 142 valence electrons. The zero-order valence-corrected chi connectivity index (χ0v) is 15.8. The van der Waals surface area contributed by atoms with Gasteiger partial charge in [-0.3, -0.25) is 4.79 Å². The van der Waals surface area contributed by atoms with Gasteiger partial charge in [0, 0.05) is 18.5 Å². The van der Waals surface area contributed by atoms with Gasteiger partial charge in [-0.2, -0.15) is 5.10 Å². The highest BCUT2D eigenvalue weighted by Gasteiger charge is 2.15. The number of hydrogen-bond donors (Lipinski definition) is 1. The molecule has 3 rings (SSSR count). The number of hydrogen-bond acceptors (Lipinski definition) is 7. The molecule has 2 heterocycles. The summed E-state index contributed by atoms with van der Waals surface area (Å²) in [5, 5.41) is 6.85. The molecule has 27 heavy (non-hydrogen) atoms. The lowest BCUT2D eigenvalue weighted by atomic mass is 10.2. The molecule has 1 aliphatic rings. The maximum Gasteiger partial charge on any atom is 0.246 e. The fraction of sp³-hybridized carbons (Fsp3) is 0.316. The van der Waals surface area contributed by atoms with Crippen LogP contribution in [0.4, 0.5) is 5.13 Å². The monoisotopic (exact) mass is 386 g/mol. The number of carbonyl (C=O) groups excluding carboxylic acids is 1. The van der Waals surface area contributed by atoms with Gasteiger partial charge in [0.15, 0.2) is 5.13 Å². The van der Waals surface area contributed by atoms with Crippen LogP contribution in [0.25, 0.3) is 0 Å². The van der Waals surface area contributed by atoms with Crippen LogP contribution in [0.2, 0.25) is 0 Å². The van der Waals surface area contributed by atoms with Gasteiger partial charge in [0.2, 0.25) is 5.91 Å². The van der Waals surface area contributed by atoms with Crippen molar-refractivity contribution in [3.63, 3.8) is 0 Å². The van der Waals surface area contributed by atoms with E-state index in [4.69, 9.17) is 9.47 Å². The van der Waals surface area contributed by atoms with Gasteiger partial charge in [-0.25, -0.2) is 10.4 Å². The van der Waals surface area contributed by atoms with E-state index in [1.165, 1.54) is 0 Å². The summed E-state index contributed by atoms with van der Waals surface area (Å²) in [6.07, 6.45) is 3.46. The second kappa shape index (κ2) is 9.84. The van der Waals surface area contributed by atoms with E-state index in [0.29, 0.717) is 19.8 Å². The van der Waals surface area contributed by atoms with Crippen LogP contribution >= 0.6 is 11.3 Å². The summed E-state index contributed by atoms with van der Waals surface area (Å²) in [6.45, 7) is 7.15. The average molecular weight is 386 g/mol. The predicted molar refractivity (Wildman–Crippen MR) is 107 cm³/mol. The van der Waals surface area contributed by atoms with Crippen LogP contribution in [-0.2, 0) is 16.0 Å². The zero-order valence-electron chi connectivity index (χ0n) is 15.0. The first-order valence-electron chi connectivity index (χ1n) is 8.67. The highest BCUT2D eigenvalue weighted by molar-refractivity contribution is 7.13. The zero-order chi connectivity index (χ0) is 18.9. The van der Waals surface area contributed by atoms with E-state index in [9.17, 15) is 4.79 Å². The van der Waals surface area contributed by atoms with E-state index < -0.39 is 0 Å². The van der Waals surface area contributed by atoms with Crippen LogP contribution < -0.4 is 15.1 Å². The molecule has 0 saturated carbocycles. The van der Waals surface area contributed by atoms with Gasteiger partial charge >= 0.3 is 0 Å². The van der Waals surface area contributed by atoms with Crippen LogP contribution in [0.15, 0.2) is 47.4 Å². The second-order valence-electron chi connectivity index (χ2n) is 5.86. The predicted octanol–water partition coefficient (Wildman–Crippen LogP) is 2.24. The van der Waals surface area contributed by atoms with Crippen molar-refractivity contribution in [1.29, 1.82) is 0 Å². The molecule has 0 atom stereocenters. The Morgan fingerprint density at radius 3 is 3.11 bits per heavy atom. The van der Waals surface area contributed by atoms with E-state index in [2.05, 4.69) is 27.0 Å². The summed E-state index contributed by atoms with van der Waals surface area (Å²) in [7, 11) is 0. The van der Waals surface area contributed by atoms with Gasteiger partial charge in [0.05, 0.1) is 31.5 Å².